The quantitative estimate of drug-likeness (QED) is 0.621. The average Bonchev–Trinajstić information content (AvgIpc) is 3.34. The monoisotopic (exact) mass is 421 g/mol. The number of carbonyl (C=O) groups is 1. The van der Waals surface area contributed by atoms with Crippen LogP contribution in [0.5, 0.6) is 0 Å². The number of anilines is 1. The van der Waals surface area contributed by atoms with Crippen molar-refractivity contribution in [1.82, 2.24) is 9.29 Å². The summed E-state index contributed by atoms with van der Waals surface area (Å²) in [7, 11) is -3.58. The van der Waals surface area contributed by atoms with Crippen molar-refractivity contribution in [1.29, 1.82) is 0 Å². The smallest absolute Gasteiger partial charge is 0.275 e. The van der Waals surface area contributed by atoms with Gasteiger partial charge in [0, 0.05) is 24.2 Å². The summed E-state index contributed by atoms with van der Waals surface area (Å²) in [6.45, 7) is 4.36. The second-order valence-electron chi connectivity index (χ2n) is 5.59. The molecule has 142 valence electrons. The van der Waals surface area contributed by atoms with Gasteiger partial charge in [-0.05, 0) is 29.6 Å². The van der Waals surface area contributed by atoms with Crippen molar-refractivity contribution in [2.45, 2.75) is 18.7 Å². The van der Waals surface area contributed by atoms with Crippen LogP contribution in [0.4, 0.5) is 5.69 Å². The number of sulfonamides is 1. The van der Waals surface area contributed by atoms with Crippen LogP contribution in [0.25, 0.3) is 9.88 Å². The van der Waals surface area contributed by atoms with E-state index in [0.29, 0.717) is 24.5 Å². The van der Waals surface area contributed by atoms with Gasteiger partial charge in [0.15, 0.2) is 0 Å². The van der Waals surface area contributed by atoms with Gasteiger partial charge in [0.25, 0.3) is 5.91 Å². The van der Waals surface area contributed by atoms with Crippen molar-refractivity contribution in [3.8, 4) is 9.88 Å². The third-order valence-electron chi connectivity index (χ3n) is 3.90. The minimum Gasteiger partial charge on any atom is -0.321 e. The van der Waals surface area contributed by atoms with E-state index >= 15 is 0 Å². The first-order valence-corrected chi connectivity index (χ1v) is 11.6. The van der Waals surface area contributed by atoms with Gasteiger partial charge >= 0.3 is 0 Å². The number of hydrogen-bond donors (Lipinski definition) is 1. The average molecular weight is 422 g/mol. The van der Waals surface area contributed by atoms with Crippen LogP contribution in [0.1, 0.15) is 24.3 Å². The zero-order valence-electron chi connectivity index (χ0n) is 14.9. The molecule has 2 heterocycles. The molecule has 3 aromatic rings. The molecule has 0 saturated heterocycles. The van der Waals surface area contributed by atoms with Gasteiger partial charge in [-0.2, -0.15) is 4.31 Å². The molecule has 1 amide bonds. The maximum atomic E-state index is 12.6. The van der Waals surface area contributed by atoms with Crippen LogP contribution in [0.3, 0.4) is 0 Å². The number of nitrogens with one attached hydrogen (secondary N) is 1. The summed E-state index contributed by atoms with van der Waals surface area (Å²) < 4.78 is 26.7. The van der Waals surface area contributed by atoms with Gasteiger partial charge in [0.1, 0.15) is 10.7 Å². The van der Waals surface area contributed by atoms with Gasteiger partial charge in [-0.1, -0.05) is 26.0 Å². The van der Waals surface area contributed by atoms with E-state index in [2.05, 4.69) is 10.3 Å². The van der Waals surface area contributed by atoms with Crippen molar-refractivity contribution in [2.75, 3.05) is 18.4 Å². The molecule has 3 rings (SSSR count). The van der Waals surface area contributed by atoms with Gasteiger partial charge in [0.2, 0.25) is 10.0 Å². The molecule has 1 N–H and O–H groups in total. The second-order valence-corrected chi connectivity index (χ2v) is 9.33. The Morgan fingerprint density at radius 3 is 2.59 bits per heavy atom. The minimum absolute atomic E-state index is 0.154. The minimum atomic E-state index is -3.58. The number of carbonyl (C=O) groups excluding carboxylic acids is 1. The largest absolute Gasteiger partial charge is 0.321 e. The summed E-state index contributed by atoms with van der Waals surface area (Å²) >= 11 is 2.96. The summed E-state index contributed by atoms with van der Waals surface area (Å²) in [5.74, 6) is -0.369. The Labute approximate surface area is 166 Å². The molecule has 1 aromatic carbocycles. The highest BCUT2D eigenvalue weighted by Crippen LogP contribution is 2.28. The Kier molecular flexibility index (Phi) is 6.05. The predicted octanol–water partition coefficient (Wildman–Crippen LogP) is 4.15. The first-order valence-electron chi connectivity index (χ1n) is 8.36. The number of benzene rings is 1. The van der Waals surface area contributed by atoms with Crippen LogP contribution in [0.2, 0.25) is 0 Å². The van der Waals surface area contributed by atoms with Crippen molar-refractivity contribution in [2.24, 2.45) is 0 Å². The third-order valence-corrected chi connectivity index (χ3v) is 7.83. The zero-order valence-corrected chi connectivity index (χ0v) is 17.3. The molecule has 0 aliphatic heterocycles. The van der Waals surface area contributed by atoms with Crippen molar-refractivity contribution < 1.29 is 13.2 Å². The molecule has 0 saturated carbocycles. The van der Waals surface area contributed by atoms with E-state index in [1.165, 1.54) is 27.8 Å². The van der Waals surface area contributed by atoms with Crippen LogP contribution in [-0.2, 0) is 10.0 Å². The lowest BCUT2D eigenvalue weighted by atomic mass is 10.3. The SMILES string of the molecule is CCN(CC)S(=O)(=O)c1cccc(NC(=O)c2csc(-c3cccs3)n2)c1. The van der Waals surface area contributed by atoms with E-state index in [-0.39, 0.29) is 10.8 Å². The Morgan fingerprint density at radius 1 is 1.15 bits per heavy atom. The summed E-state index contributed by atoms with van der Waals surface area (Å²) in [6.07, 6.45) is 0. The summed E-state index contributed by atoms with van der Waals surface area (Å²) in [6, 6.07) is 10.2. The molecule has 2 aromatic heterocycles. The van der Waals surface area contributed by atoms with Gasteiger partial charge < -0.3 is 5.32 Å². The first-order chi connectivity index (χ1) is 13.0. The zero-order chi connectivity index (χ0) is 19.4. The fraction of sp³-hybridized carbons (Fsp3) is 0.222. The van der Waals surface area contributed by atoms with Crippen LogP contribution in [-0.4, -0.2) is 36.7 Å². The number of hydrogen-bond acceptors (Lipinski definition) is 6. The van der Waals surface area contributed by atoms with Crippen molar-refractivity contribution in [3.63, 3.8) is 0 Å². The molecule has 0 fully saturated rings. The number of nitrogens with zero attached hydrogens (tertiary/aromatic N) is 2. The molecule has 0 radical (unpaired) electrons. The van der Waals surface area contributed by atoms with E-state index in [4.69, 9.17) is 0 Å². The molecular weight excluding hydrogens is 402 g/mol. The second kappa shape index (κ2) is 8.30. The maximum absolute atomic E-state index is 12.6. The Hall–Kier alpha value is -2.07. The lowest BCUT2D eigenvalue weighted by Gasteiger charge is -2.18. The van der Waals surface area contributed by atoms with E-state index in [0.717, 1.165) is 9.88 Å². The fourth-order valence-corrected chi connectivity index (χ4v) is 5.65. The molecular formula is C18H19N3O3S3. The van der Waals surface area contributed by atoms with Gasteiger partial charge in [-0.3, -0.25) is 4.79 Å². The molecule has 0 aliphatic rings. The highest BCUT2D eigenvalue weighted by atomic mass is 32.2. The predicted molar refractivity (Wildman–Crippen MR) is 110 cm³/mol. The number of amides is 1. The lowest BCUT2D eigenvalue weighted by molar-refractivity contribution is 0.102. The highest BCUT2D eigenvalue weighted by Gasteiger charge is 2.22. The number of aromatic nitrogens is 1. The molecule has 6 nitrogen and oxygen atoms in total. The molecule has 0 aliphatic carbocycles. The number of thiazole rings is 1. The molecule has 0 spiro atoms. The first kappa shape index (κ1) is 19.7. The van der Waals surface area contributed by atoms with Crippen molar-refractivity contribution >= 4 is 44.3 Å². The fourth-order valence-electron chi connectivity index (χ4n) is 2.53. The summed E-state index contributed by atoms with van der Waals surface area (Å²) in [5, 5.41) is 7.17. The van der Waals surface area contributed by atoms with E-state index < -0.39 is 10.0 Å². The Morgan fingerprint density at radius 2 is 1.93 bits per heavy atom. The number of rotatable bonds is 7. The van der Waals surface area contributed by atoms with E-state index in [1.54, 1.807) is 42.7 Å². The summed E-state index contributed by atoms with van der Waals surface area (Å²) in [5.41, 5.74) is 0.722. The normalized spacial score (nSPS) is 11.7. The summed E-state index contributed by atoms with van der Waals surface area (Å²) in [4.78, 5) is 18.0. The maximum Gasteiger partial charge on any atom is 0.275 e. The van der Waals surface area contributed by atoms with Crippen LogP contribution in [0.15, 0.2) is 52.1 Å². The molecule has 27 heavy (non-hydrogen) atoms. The Balaban J connectivity index is 1.79. The van der Waals surface area contributed by atoms with Crippen LogP contribution < -0.4 is 5.32 Å². The molecule has 9 heteroatoms. The van der Waals surface area contributed by atoms with Gasteiger partial charge in [0.05, 0.1) is 9.77 Å². The van der Waals surface area contributed by atoms with E-state index in [1.807, 2.05) is 17.5 Å². The number of thiophene rings is 1. The Bertz CT molecular complexity index is 1020. The molecule has 0 unspecified atom stereocenters. The van der Waals surface area contributed by atoms with Gasteiger partial charge in [-0.15, -0.1) is 22.7 Å². The van der Waals surface area contributed by atoms with Crippen LogP contribution in [0, 0.1) is 0 Å². The van der Waals surface area contributed by atoms with Crippen molar-refractivity contribution in [3.05, 3.63) is 52.9 Å². The third kappa shape index (κ3) is 4.27. The highest BCUT2D eigenvalue weighted by molar-refractivity contribution is 7.89. The van der Waals surface area contributed by atoms with E-state index in [9.17, 15) is 13.2 Å². The topological polar surface area (TPSA) is 79.4 Å². The molecule has 0 atom stereocenters. The van der Waals surface area contributed by atoms with Gasteiger partial charge in [-0.25, -0.2) is 13.4 Å². The van der Waals surface area contributed by atoms with Crippen LogP contribution >= 0.6 is 22.7 Å². The molecule has 0 bridgehead atoms. The lowest BCUT2D eigenvalue weighted by Crippen LogP contribution is -2.30. The standard InChI is InChI=1S/C18H19N3O3S3/c1-3-21(4-2)27(23,24)14-8-5-7-13(11-14)19-17(22)15-12-26-18(20-15)16-9-6-10-25-16/h5-12H,3-4H2,1-2H3,(H,19,22).